The largest absolute Gasteiger partial charge is 0.481 e. The van der Waals surface area contributed by atoms with Crippen molar-refractivity contribution in [2.45, 2.75) is 6.54 Å². The van der Waals surface area contributed by atoms with Gasteiger partial charge in [0.05, 0.1) is 12.8 Å². The lowest BCUT2D eigenvalue weighted by Gasteiger charge is -2.10. The first kappa shape index (κ1) is 12.8. The minimum Gasteiger partial charge on any atom is -0.481 e. The van der Waals surface area contributed by atoms with Crippen LogP contribution >= 0.6 is 15.9 Å². The first-order valence-electron chi connectivity index (χ1n) is 5.37. The highest BCUT2D eigenvalue weighted by Gasteiger charge is 2.05. The zero-order valence-electron chi connectivity index (χ0n) is 9.78. The predicted molar refractivity (Wildman–Crippen MR) is 72.2 cm³/mol. The van der Waals surface area contributed by atoms with Crippen LogP contribution in [0.1, 0.15) is 5.56 Å². The molecule has 1 N–H and O–H groups in total. The van der Waals surface area contributed by atoms with Gasteiger partial charge >= 0.3 is 0 Å². The van der Waals surface area contributed by atoms with Crippen LogP contribution in [-0.2, 0) is 6.54 Å². The quantitative estimate of drug-likeness (QED) is 0.937. The molecular weight excluding hydrogens is 299 g/mol. The lowest BCUT2D eigenvalue weighted by molar-refractivity contribution is 0.393. The fourth-order valence-electron chi connectivity index (χ4n) is 1.57. The van der Waals surface area contributed by atoms with Crippen LogP contribution in [0.4, 0.5) is 10.1 Å². The van der Waals surface area contributed by atoms with Crippen LogP contribution in [0, 0.1) is 5.82 Å². The predicted octanol–water partition coefficient (Wildman–Crippen LogP) is 3.60. The Labute approximate surface area is 113 Å². The van der Waals surface area contributed by atoms with E-state index in [1.165, 1.54) is 6.07 Å². The second-order valence-corrected chi connectivity index (χ2v) is 4.57. The van der Waals surface area contributed by atoms with Crippen LogP contribution in [0.15, 0.2) is 41.0 Å². The van der Waals surface area contributed by atoms with E-state index in [-0.39, 0.29) is 5.82 Å². The maximum absolute atomic E-state index is 13.6. The highest BCUT2D eigenvalue weighted by molar-refractivity contribution is 9.10. The summed E-state index contributed by atoms with van der Waals surface area (Å²) in [5.41, 5.74) is 1.33. The van der Waals surface area contributed by atoms with Crippen molar-refractivity contribution in [1.29, 1.82) is 0 Å². The van der Waals surface area contributed by atoms with Crippen LogP contribution in [-0.4, -0.2) is 12.1 Å². The number of hydrogen-bond acceptors (Lipinski definition) is 3. The van der Waals surface area contributed by atoms with E-state index in [1.807, 2.05) is 12.1 Å². The fraction of sp³-hybridized carbons (Fsp3) is 0.154. The smallest absolute Gasteiger partial charge is 0.218 e. The van der Waals surface area contributed by atoms with E-state index in [4.69, 9.17) is 4.74 Å². The molecule has 2 rings (SSSR count). The average Bonchev–Trinajstić information content (AvgIpc) is 2.38. The Morgan fingerprint density at radius 3 is 2.94 bits per heavy atom. The van der Waals surface area contributed by atoms with Gasteiger partial charge in [-0.1, -0.05) is 22.0 Å². The molecule has 1 aromatic carbocycles. The maximum Gasteiger partial charge on any atom is 0.218 e. The zero-order valence-corrected chi connectivity index (χ0v) is 11.4. The molecule has 0 fully saturated rings. The van der Waals surface area contributed by atoms with Gasteiger partial charge in [-0.25, -0.2) is 9.37 Å². The fourth-order valence-corrected chi connectivity index (χ4v) is 1.90. The molecule has 1 aromatic heterocycles. The second-order valence-electron chi connectivity index (χ2n) is 3.65. The van der Waals surface area contributed by atoms with E-state index in [0.717, 1.165) is 5.56 Å². The molecule has 0 saturated heterocycles. The molecule has 5 heteroatoms. The molecule has 0 bridgehead atoms. The summed E-state index contributed by atoms with van der Waals surface area (Å²) >= 11 is 3.22. The number of nitrogens with zero attached hydrogens (tertiary/aromatic N) is 1. The molecule has 0 aliphatic heterocycles. The van der Waals surface area contributed by atoms with Gasteiger partial charge in [-0.3, -0.25) is 0 Å². The normalized spacial score (nSPS) is 10.2. The Morgan fingerprint density at radius 2 is 2.22 bits per heavy atom. The van der Waals surface area contributed by atoms with Crippen molar-refractivity contribution in [2.75, 3.05) is 12.4 Å². The lowest BCUT2D eigenvalue weighted by Crippen LogP contribution is -2.04. The molecule has 2 aromatic rings. The number of pyridine rings is 1. The maximum atomic E-state index is 13.6. The summed E-state index contributed by atoms with van der Waals surface area (Å²) in [4.78, 5) is 4.08. The first-order valence-corrected chi connectivity index (χ1v) is 6.17. The topological polar surface area (TPSA) is 34.1 Å². The lowest BCUT2D eigenvalue weighted by atomic mass is 10.2. The Kier molecular flexibility index (Phi) is 4.15. The molecule has 0 aliphatic rings. The highest BCUT2D eigenvalue weighted by atomic mass is 79.9. The van der Waals surface area contributed by atoms with Gasteiger partial charge in [0, 0.05) is 22.8 Å². The minimum absolute atomic E-state index is 0.299. The summed E-state index contributed by atoms with van der Waals surface area (Å²) in [6, 6.07) is 8.59. The third-order valence-electron chi connectivity index (χ3n) is 2.44. The van der Waals surface area contributed by atoms with Crippen LogP contribution in [0.25, 0.3) is 0 Å². The molecule has 18 heavy (non-hydrogen) atoms. The van der Waals surface area contributed by atoms with E-state index in [9.17, 15) is 4.39 Å². The second kappa shape index (κ2) is 5.82. The van der Waals surface area contributed by atoms with Crippen molar-refractivity contribution < 1.29 is 9.13 Å². The van der Waals surface area contributed by atoms with E-state index in [2.05, 4.69) is 26.2 Å². The van der Waals surface area contributed by atoms with E-state index in [0.29, 0.717) is 22.6 Å². The van der Waals surface area contributed by atoms with Crippen molar-refractivity contribution >= 4 is 21.6 Å². The van der Waals surface area contributed by atoms with Crippen molar-refractivity contribution in [3.63, 3.8) is 0 Å². The number of aromatic nitrogens is 1. The summed E-state index contributed by atoms with van der Waals surface area (Å²) in [7, 11) is 1.56. The summed E-state index contributed by atoms with van der Waals surface area (Å²) in [6.45, 7) is 0.454. The zero-order chi connectivity index (χ0) is 13.0. The number of rotatable bonds is 4. The summed E-state index contributed by atoms with van der Waals surface area (Å²) < 4.78 is 19.4. The molecule has 0 unspecified atom stereocenters. The molecule has 1 heterocycles. The van der Waals surface area contributed by atoms with Crippen LogP contribution in [0.3, 0.4) is 0 Å². The Bertz CT molecular complexity index is 548. The highest BCUT2D eigenvalue weighted by Crippen LogP contribution is 2.21. The van der Waals surface area contributed by atoms with Crippen molar-refractivity contribution in [3.05, 3.63) is 52.4 Å². The molecule has 0 saturated carbocycles. The summed E-state index contributed by atoms with van der Waals surface area (Å²) in [5.74, 6) is 0.245. The van der Waals surface area contributed by atoms with Crippen molar-refractivity contribution in [1.82, 2.24) is 4.98 Å². The van der Waals surface area contributed by atoms with Gasteiger partial charge in [0.1, 0.15) is 5.82 Å². The van der Waals surface area contributed by atoms with Crippen LogP contribution in [0.2, 0.25) is 0 Å². The number of ether oxygens (including phenoxy) is 1. The number of nitrogens with one attached hydrogen (secondary N) is 1. The number of anilines is 1. The van der Waals surface area contributed by atoms with Gasteiger partial charge in [0.2, 0.25) is 5.88 Å². The monoisotopic (exact) mass is 310 g/mol. The average molecular weight is 311 g/mol. The molecular formula is C13H12BrFN2O. The minimum atomic E-state index is -0.299. The molecule has 3 nitrogen and oxygen atoms in total. The van der Waals surface area contributed by atoms with Gasteiger partial charge in [-0.15, -0.1) is 0 Å². The number of methoxy groups -OCH3 is 1. The molecule has 0 atom stereocenters. The van der Waals surface area contributed by atoms with E-state index in [1.54, 1.807) is 25.4 Å². The van der Waals surface area contributed by atoms with Gasteiger partial charge < -0.3 is 10.1 Å². The molecule has 0 spiro atoms. The SMILES string of the molecule is COc1ncccc1CNc1ccc(Br)cc1F. The van der Waals surface area contributed by atoms with E-state index < -0.39 is 0 Å². The Hall–Kier alpha value is -1.62. The van der Waals surface area contributed by atoms with Crippen molar-refractivity contribution in [3.8, 4) is 5.88 Å². The van der Waals surface area contributed by atoms with Gasteiger partial charge in [-0.2, -0.15) is 0 Å². The Morgan fingerprint density at radius 1 is 1.39 bits per heavy atom. The molecule has 0 aliphatic carbocycles. The van der Waals surface area contributed by atoms with Gasteiger partial charge in [0.15, 0.2) is 0 Å². The molecule has 94 valence electrons. The third-order valence-corrected chi connectivity index (χ3v) is 2.94. The third kappa shape index (κ3) is 2.98. The molecule has 0 radical (unpaired) electrons. The first-order chi connectivity index (χ1) is 8.70. The van der Waals surface area contributed by atoms with Gasteiger partial charge in [0.25, 0.3) is 0 Å². The van der Waals surface area contributed by atoms with Crippen LogP contribution < -0.4 is 10.1 Å². The van der Waals surface area contributed by atoms with Gasteiger partial charge in [-0.05, 0) is 24.3 Å². The number of benzene rings is 1. The number of hydrogen-bond donors (Lipinski definition) is 1. The summed E-state index contributed by atoms with van der Waals surface area (Å²) in [6.07, 6.45) is 1.66. The van der Waals surface area contributed by atoms with Crippen molar-refractivity contribution in [2.24, 2.45) is 0 Å². The standard InChI is InChI=1S/C13H12BrFN2O/c1-18-13-9(3-2-6-16-13)8-17-12-5-4-10(14)7-11(12)15/h2-7,17H,8H2,1H3. The number of halogens is 2. The molecule has 0 amide bonds. The van der Waals surface area contributed by atoms with Crippen LogP contribution in [0.5, 0.6) is 5.88 Å². The van der Waals surface area contributed by atoms with E-state index >= 15 is 0 Å². The Balaban J connectivity index is 2.11. The summed E-state index contributed by atoms with van der Waals surface area (Å²) in [5, 5.41) is 3.02.